The van der Waals surface area contributed by atoms with Gasteiger partial charge in [-0.05, 0) is 30.8 Å². The SMILES string of the molecule is CCCCCCCCCCCCCCSCC(=O)NC(SCCCCCCCCCCCCCC)C(=O)SCCCO. The molecule has 0 aliphatic heterocycles. The van der Waals surface area contributed by atoms with Crippen molar-refractivity contribution in [2.24, 2.45) is 0 Å². The lowest BCUT2D eigenvalue weighted by molar-refractivity contribution is -0.121. The van der Waals surface area contributed by atoms with E-state index in [-0.39, 0.29) is 17.6 Å². The number of aliphatic hydroxyl groups is 1. The summed E-state index contributed by atoms with van der Waals surface area (Å²) in [6.07, 6.45) is 32.6. The Kier molecular flexibility index (Phi) is 35.8. The lowest BCUT2D eigenvalue weighted by Gasteiger charge is -2.17. The number of nitrogens with one attached hydrogen (secondary N) is 1. The summed E-state index contributed by atoms with van der Waals surface area (Å²) in [5, 5.41) is 11.6. The van der Waals surface area contributed by atoms with Gasteiger partial charge in [0.15, 0.2) is 0 Å². The number of carbonyl (C=O) groups is 2. The first kappa shape index (κ1) is 42.1. The number of hydrogen-bond donors (Lipinski definition) is 2. The second-order valence-electron chi connectivity index (χ2n) is 11.9. The van der Waals surface area contributed by atoms with Gasteiger partial charge in [-0.1, -0.05) is 167 Å². The monoisotopic (exact) mass is 647 g/mol. The third kappa shape index (κ3) is 31.6. The van der Waals surface area contributed by atoms with E-state index in [0.29, 0.717) is 17.9 Å². The van der Waals surface area contributed by atoms with Crippen molar-refractivity contribution < 1.29 is 14.7 Å². The molecule has 42 heavy (non-hydrogen) atoms. The third-order valence-electron chi connectivity index (χ3n) is 7.71. The van der Waals surface area contributed by atoms with Crippen LogP contribution in [0.2, 0.25) is 0 Å². The Hall–Kier alpha value is 0.150. The molecule has 0 rings (SSSR count). The Morgan fingerprint density at radius 3 is 1.38 bits per heavy atom. The minimum absolute atomic E-state index is 0.0201. The topological polar surface area (TPSA) is 66.4 Å². The van der Waals surface area contributed by atoms with Crippen LogP contribution in [0.3, 0.4) is 0 Å². The summed E-state index contributed by atoms with van der Waals surface area (Å²) in [7, 11) is 0. The number of thioether (sulfide) groups is 3. The minimum atomic E-state index is -0.471. The number of unbranched alkanes of at least 4 members (excludes halogenated alkanes) is 22. The van der Waals surface area contributed by atoms with Gasteiger partial charge in [0.2, 0.25) is 11.0 Å². The van der Waals surface area contributed by atoms with Gasteiger partial charge in [-0.25, -0.2) is 0 Å². The van der Waals surface area contributed by atoms with Crippen molar-refractivity contribution in [3.8, 4) is 0 Å². The van der Waals surface area contributed by atoms with Crippen molar-refractivity contribution in [3.05, 3.63) is 0 Å². The van der Waals surface area contributed by atoms with Gasteiger partial charge in [0.1, 0.15) is 5.37 Å². The summed E-state index contributed by atoms with van der Waals surface area (Å²) in [6, 6.07) is 0. The van der Waals surface area contributed by atoms with Gasteiger partial charge in [0.05, 0.1) is 5.75 Å². The zero-order chi connectivity index (χ0) is 30.8. The van der Waals surface area contributed by atoms with Gasteiger partial charge >= 0.3 is 0 Å². The van der Waals surface area contributed by atoms with Crippen molar-refractivity contribution in [3.63, 3.8) is 0 Å². The van der Waals surface area contributed by atoms with Crippen LogP contribution in [-0.4, -0.2) is 51.1 Å². The summed E-state index contributed by atoms with van der Waals surface area (Å²) in [5.41, 5.74) is 0. The van der Waals surface area contributed by atoms with Gasteiger partial charge in [0, 0.05) is 12.4 Å². The molecule has 2 N–H and O–H groups in total. The smallest absolute Gasteiger partial charge is 0.231 e. The molecule has 0 bridgehead atoms. The fourth-order valence-electron chi connectivity index (χ4n) is 5.02. The van der Waals surface area contributed by atoms with E-state index in [1.807, 2.05) is 0 Å². The van der Waals surface area contributed by atoms with E-state index in [1.165, 1.54) is 159 Å². The fraction of sp³-hybridized carbons (Fsp3) is 0.943. The maximum absolute atomic E-state index is 12.7. The highest BCUT2D eigenvalue weighted by Gasteiger charge is 2.21. The Morgan fingerprint density at radius 1 is 0.548 bits per heavy atom. The van der Waals surface area contributed by atoms with E-state index in [0.717, 1.165) is 17.9 Å². The van der Waals surface area contributed by atoms with Crippen LogP contribution in [-0.2, 0) is 9.59 Å². The predicted molar refractivity (Wildman–Crippen MR) is 193 cm³/mol. The first-order valence-corrected chi connectivity index (χ1v) is 21.1. The molecule has 1 unspecified atom stereocenters. The largest absolute Gasteiger partial charge is 0.396 e. The predicted octanol–water partition coefficient (Wildman–Crippen LogP) is 10.9. The minimum Gasteiger partial charge on any atom is -0.396 e. The summed E-state index contributed by atoms with van der Waals surface area (Å²) in [5.74, 6) is 2.93. The summed E-state index contributed by atoms with van der Waals surface area (Å²) in [4.78, 5) is 25.3. The molecule has 0 aromatic rings. The second-order valence-corrected chi connectivity index (χ2v) is 15.3. The third-order valence-corrected chi connectivity index (χ3v) is 11.1. The Morgan fingerprint density at radius 2 is 0.952 bits per heavy atom. The van der Waals surface area contributed by atoms with Gasteiger partial charge in [-0.3, -0.25) is 9.59 Å². The van der Waals surface area contributed by atoms with Crippen LogP contribution in [0.1, 0.15) is 174 Å². The van der Waals surface area contributed by atoms with Gasteiger partial charge < -0.3 is 10.4 Å². The molecule has 0 aliphatic rings. The molecule has 1 amide bonds. The molecule has 0 aliphatic carbocycles. The zero-order valence-corrected chi connectivity index (χ0v) is 30.2. The Balaban J connectivity index is 3.91. The molecular weight excluding hydrogens is 579 g/mol. The number of amides is 1. The van der Waals surface area contributed by atoms with Gasteiger partial charge in [-0.15, -0.1) is 11.8 Å². The second kappa shape index (κ2) is 35.6. The van der Waals surface area contributed by atoms with E-state index in [1.54, 1.807) is 23.5 Å². The molecule has 250 valence electrons. The van der Waals surface area contributed by atoms with E-state index in [9.17, 15) is 9.59 Å². The van der Waals surface area contributed by atoms with Crippen LogP contribution >= 0.6 is 35.3 Å². The molecule has 0 spiro atoms. The Labute approximate surface area is 274 Å². The average molecular weight is 648 g/mol. The van der Waals surface area contributed by atoms with Crippen LogP contribution in [0.5, 0.6) is 0 Å². The molecule has 0 radical (unpaired) electrons. The van der Waals surface area contributed by atoms with Crippen molar-refractivity contribution in [1.29, 1.82) is 0 Å². The Bertz CT molecular complexity index is 580. The maximum Gasteiger partial charge on any atom is 0.231 e. The molecule has 0 fully saturated rings. The summed E-state index contributed by atoms with van der Waals surface area (Å²) in [6.45, 7) is 4.64. The van der Waals surface area contributed by atoms with Crippen LogP contribution in [0.25, 0.3) is 0 Å². The molecule has 1 atom stereocenters. The van der Waals surface area contributed by atoms with Crippen LogP contribution < -0.4 is 5.32 Å². The highest BCUT2D eigenvalue weighted by molar-refractivity contribution is 8.16. The summed E-state index contributed by atoms with van der Waals surface area (Å²) < 4.78 is 0. The lowest BCUT2D eigenvalue weighted by Crippen LogP contribution is -2.38. The van der Waals surface area contributed by atoms with Crippen LogP contribution in [0, 0.1) is 0 Å². The maximum atomic E-state index is 12.7. The molecule has 7 heteroatoms. The quantitative estimate of drug-likeness (QED) is 0.0535. The first-order valence-electron chi connectivity index (χ1n) is 17.9. The molecule has 0 aromatic heterocycles. The molecule has 0 heterocycles. The van der Waals surface area contributed by atoms with E-state index in [4.69, 9.17) is 5.11 Å². The average Bonchev–Trinajstić information content (AvgIpc) is 2.99. The van der Waals surface area contributed by atoms with Crippen molar-refractivity contribution >= 4 is 46.3 Å². The zero-order valence-electron chi connectivity index (χ0n) is 27.8. The number of aliphatic hydroxyl groups excluding tert-OH is 1. The molecule has 4 nitrogen and oxygen atoms in total. The van der Waals surface area contributed by atoms with E-state index in [2.05, 4.69) is 19.2 Å². The molecule has 0 aromatic carbocycles. The molecule has 0 saturated heterocycles. The number of hydrogen-bond acceptors (Lipinski definition) is 6. The fourth-order valence-corrected chi connectivity index (χ4v) is 7.90. The normalized spacial score (nSPS) is 12.1. The van der Waals surface area contributed by atoms with Crippen molar-refractivity contribution in [2.75, 3.05) is 29.6 Å². The van der Waals surface area contributed by atoms with E-state index >= 15 is 0 Å². The highest BCUT2D eigenvalue weighted by Crippen LogP contribution is 2.20. The van der Waals surface area contributed by atoms with Crippen molar-refractivity contribution in [1.82, 2.24) is 5.32 Å². The molecular formula is C35H69NO3S3. The lowest BCUT2D eigenvalue weighted by atomic mass is 10.1. The number of rotatable bonds is 34. The molecule has 0 saturated carbocycles. The van der Waals surface area contributed by atoms with Gasteiger partial charge in [0.25, 0.3) is 0 Å². The number of carbonyl (C=O) groups excluding carboxylic acids is 2. The van der Waals surface area contributed by atoms with E-state index < -0.39 is 5.37 Å². The highest BCUT2D eigenvalue weighted by atomic mass is 32.2. The van der Waals surface area contributed by atoms with Gasteiger partial charge in [-0.2, -0.15) is 11.8 Å². The standard InChI is InChI=1S/C35H69NO3S3/c1-3-5-7-9-11-13-15-17-19-21-23-25-29-40-32-33(38)36-34(35(39)42-31-27-28-37)41-30-26-24-22-20-18-16-14-12-10-8-6-4-2/h34,37H,3-32H2,1-2H3,(H,36,38). The first-order chi connectivity index (χ1) is 20.7. The van der Waals surface area contributed by atoms with Crippen LogP contribution in [0.15, 0.2) is 0 Å². The summed E-state index contributed by atoms with van der Waals surface area (Å²) >= 11 is 4.52. The van der Waals surface area contributed by atoms with Crippen LogP contribution in [0.4, 0.5) is 0 Å². The van der Waals surface area contributed by atoms with Crippen molar-refractivity contribution in [2.45, 2.75) is 180 Å².